The highest BCUT2D eigenvalue weighted by Gasteiger charge is 2.42. The van der Waals surface area contributed by atoms with Crippen LogP contribution in [0.4, 0.5) is 0 Å². The minimum Gasteiger partial charge on any atom is -0.481 e. The average molecular weight is 533 g/mol. The van der Waals surface area contributed by atoms with Crippen molar-refractivity contribution in [1.82, 2.24) is 20.4 Å². The highest BCUT2D eigenvalue weighted by molar-refractivity contribution is 5.88. The van der Waals surface area contributed by atoms with Crippen LogP contribution in [0.3, 0.4) is 0 Å². The molecule has 0 aliphatic carbocycles. The lowest BCUT2D eigenvalue weighted by atomic mass is 9.78. The van der Waals surface area contributed by atoms with E-state index < -0.39 is 17.0 Å². The number of nitrogens with two attached hydrogens (primary N) is 1. The fourth-order valence-electron chi connectivity index (χ4n) is 4.54. The van der Waals surface area contributed by atoms with E-state index in [9.17, 15) is 14.7 Å². The smallest absolute Gasteiger partial charge is 0.311 e. The van der Waals surface area contributed by atoms with Gasteiger partial charge in [0.15, 0.2) is 5.66 Å². The van der Waals surface area contributed by atoms with Crippen molar-refractivity contribution in [2.75, 3.05) is 40.3 Å². The maximum Gasteiger partial charge on any atom is 0.311 e. The third-order valence-electron chi connectivity index (χ3n) is 6.99. The Bertz CT molecular complexity index is 1230. The summed E-state index contributed by atoms with van der Waals surface area (Å²) in [5, 5.41) is 16.3. The molecule has 5 N–H and O–H groups in total. The van der Waals surface area contributed by atoms with Crippen LogP contribution in [0.25, 0.3) is 0 Å². The zero-order chi connectivity index (χ0) is 27.9. The van der Waals surface area contributed by atoms with Crippen LogP contribution in [0.5, 0.6) is 11.5 Å². The van der Waals surface area contributed by atoms with Crippen molar-refractivity contribution in [3.05, 3.63) is 84.2 Å². The number of nitrogens with zero attached hydrogens (tertiary/aromatic N) is 3. The molecule has 10 heteroatoms. The SMILES string of the molecule is CN(C)CC=CC(=O)N1CCC(CNC2=CC(N)(c3ccc(Oc4ccccc4)cc3)N=CN2)(C(=O)O)CC1. The first-order chi connectivity index (χ1) is 18.7. The third-order valence-corrected chi connectivity index (χ3v) is 6.99. The van der Waals surface area contributed by atoms with E-state index in [4.69, 9.17) is 10.5 Å². The van der Waals surface area contributed by atoms with Gasteiger partial charge in [-0.1, -0.05) is 36.4 Å². The molecule has 0 spiro atoms. The van der Waals surface area contributed by atoms with Gasteiger partial charge in [-0.05, 0) is 56.8 Å². The van der Waals surface area contributed by atoms with Gasteiger partial charge in [0, 0.05) is 38.3 Å². The molecule has 1 fully saturated rings. The number of carbonyl (C=O) groups is 2. The lowest BCUT2D eigenvalue weighted by Crippen LogP contribution is -2.51. The summed E-state index contributed by atoms with van der Waals surface area (Å²) in [7, 11) is 3.86. The molecular formula is C29H36N6O4. The molecule has 0 bridgehead atoms. The van der Waals surface area contributed by atoms with Crippen molar-refractivity contribution >= 4 is 18.2 Å². The number of carboxylic acid groups (broad SMARTS) is 1. The van der Waals surface area contributed by atoms with E-state index >= 15 is 0 Å². The standard InChI is InChI=1S/C29H36N6O4/c1-34(2)16-6-9-26(36)35-17-14-28(15-18-35,27(37)38)20-31-25-19-29(30,33-21-32-25)22-10-12-24(13-11-22)39-23-7-4-3-5-8-23/h3-13,19,21,31H,14-18,20,30H2,1-2H3,(H,32,33)(H,37,38). The average Bonchev–Trinajstić information content (AvgIpc) is 2.93. The van der Waals surface area contributed by atoms with Gasteiger partial charge in [0.1, 0.15) is 17.3 Å². The Kier molecular flexibility index (Phi) is 8.68. The van der Waals surface area contributed by atoms with E-state index in [1.807, 2.05) is 79.7 Å². The number of nitrogens with one attached hydrogen (secondary N) is 2. The van der Waals surface area contributed by atoms with Gasteiger partial charge >= 0.3 is 5.97 Å². The molecule has 2 aliphatic rings. The number of carbonyl (C=O) groups excluding carboxylic acids is 1. The van der Waals surface area contributed by atoms with Crippen molar-refractivity contribution in [2.45, 2.75) is 18.5 Å². The minimum absolute atomic E-state index is 0.0928. The first-order valence-corrected chi connectivity index (χ1v) is 12.9. The zero-order valence-electron chi connectivity index (χ0n) is 22.3. The highest BCUT2D eigenvalue weighted by Crippen LogP contribution is 2.32. The van der Waals surface area contributed by atoms with Gasteiger partial charge in [-0.15, -0.1) is 0 Å². The fraction of sp³-hybridized carbons (Fsp3) is 0.345. The molecule has 0 saturated carbocycles. The van der Waals surface area contributed by atoms with E-state index in [1.54, 1.807) is 17.1 Å². The molecule has 4 rings (SSSR count). The molecule has 1 unspecified atom stereocenters. The largest absolute Gasteiger partial charge is 0.481 e. The van der Waals surface area contributed by atoms with Crippen LogP contribution in [0.1, 0.15) is 18.4 Å². The molecular weight excluding hydrogens is 496 g/mol. The van der Waals surface area contributed by atoms with Crippen LogP contribution in [0, 0.1) is 5.41 Å². The number of piperidine rings is 1. The Hall–Kier alpha value is -4.15. The molecule has 1 saturated heterocycles. The number of ether oxygens (including phenoxy) is 1. The molecule has 39 heavy (non-hydrogen) atoms. The van der Waals surface area contributed by atoms with Gasteiger partial charge in [-0.2, -0.15) is 0 Å². The molecule has 2 aromatic rings. The molecule has 0 radical (unpaired) electrons. The van der Waals surface area contributed by atoms with Gasteiger partial charge in [0.2, 0.25) is 5.91 Å². The van der Waals surface area contributed by atoms with Crippen molar-refractivity contribution in [2.24, 2.45) is 16.1 Å². The van der Waals surface area contributed by atoms with E-state index in [0.29, 0.717) is 44.0 Å². The summed E-state index contributed by atoms with van der Waals surface area (Å²) < 4.78 is 5.86. The summed E-state index contributed by atoms with van der Waals surface area (Å²) in [6.45, 7) is 1.62. The molecule has 0 aromatic heterocycles. The maximum absolute atomic E-state index is 12.5. The van der Waals surface area contributed by atoms with Gasteiger partial charge in [0.05, 0.1) is 11.8 Å². The number of hydrogen-bond donors (Lipinski definition) is 4. The number of carboxylic acids is 1. The summed E-state index contributed by atoms with van der Waals surface area (Å²) in [5.41, 5.74) is 5.23. The van der Waals surface area contributed by atoms with Gasteiger partial charge in [-0.3, -0.25) is 15.3 Å². The highest BCUT2D eigenvalue weighted by atomic mass is 16.5. The quantitative estimate of drug-likeness (QED) is 0.343. The summed E-state index contributed by atoms with van der Waals surface area (Å²) in [6, 6.07) is 16.9. The third kappa shape index (κ3) is 7.04. The van der Waals surface area contributed by atoms with Crippen molar-refractivity contribution in [1.29, 1.82) is 0 Å². The number of aliphatic imine (C=N–C) groups is 1. The Balaban J connectivity index is 1.38. The zero-order valence-corrected chi connectivity index (χ0v) is 22.3. The molecule has 1 atom stereocenters. The Morgan fingerprint density at radius 2 is 1.79 bits per heavy atom. The topological polar surface area (TPSA) is 133 Å². The second-order valence-electron chi connectivity index (χ2n) is 10.2. The van der Waals surface area contributed by atoms with Gasteiger partial charge in [-0.25, -0.2) is 4.99 Å². The second-order valence-corrected chi connectivity index (χ2v) is 10.2. The van der Waals surface area contributed by atoms with E-state index in [1.165, 1.54) is 6.34 Å². The van der Waals surface area contributed by atoms with Crippen molar-refractivity contribution in [3.8, 4) is 11.5 Å². The number of amides is 1. The second kappa shape index (κ2) is 12.1. The Labute approximate surface area is 228 Å². The van der Waals surface area contributed by atoms with Gasteiger partial charge < -0.3 is 30.3 Å². The van der Waals surface area contributed by atoms with Crippen molar-refractivity contribution in [3.63, 3.8) is 0 Å². The predicted molar refractivity (Wildman–Crippen MR) is 150 cm³/mol. The summed E-state index contributed by atoms with van der Waals surface area (Å²) in [6.07, 6.45) is 7.31. The van der Waals surface area contributed by atoms with E-state index in [-0.39, 0.29) is 12.5 Å². The van der Waals surface area contributed by atoms with Crippen LogP contribution in [0.2, 0.25) is 0 Å². The number of likely N-dealkylation sites (tertiary alicyclic amines) is 1. The number of aliphatic carboxylic acids is 1. The molecule has 10 nitrogen and oxygen atoms in total. The normalized spacial score (nSPS) is 20.4. The molecule has 2 aliphatic heterocycles. The van der Waals surface area contributed by atoms with Crippen LogP contribution >= 0.6 is 0 Å². The number of para-hydroxylation sites is 1. The Morgan fingerprint density at radius 1 is 1.13 bits per heavy atom. The van der Waals surface area contributed by atoms with Crippen LogP contribution in [-0.4, -0.2) is 73.4 Å². The fourth-order valence-corrected chi connectivity index (χ4v) is 4.54. The minimum atomic E-state index is -1.13. The lowest BCUT2D eigenvalue weighted by molar-refractivity contribution is -0.153. The molecule has 2 heterocycles. The maximum atomic E-state index is 12.5. The Morgan fingerprint density at radius 3 is 2.44 bits per heavy atom. The molecule has 1 amide bonds. The summed E-state index contributed by atoms with van der Waals surface area (Å²) in [5.74, 6) is 1.01. The predicted octanol–water partition coefficient (Wildman–Crippen LogP) is 2.46. The number of hydrogen-bond acceptors (Lipinski definition) is 8. The number of benzene rings is 2. The number of rotatable bonds is 10. The molecule has 206 valence electrons. The van der Waals surface area contributed by atoms with Crippen LogP contribution < -0.4 is 21.1 Å². The summed E-state index contributed by atoms with van der Waals surface area (Å²) in [4.78, 5) is 32.9. The first kappa shape index (κ1) is 27.9. The first-order valence-electron chi connectivity index (χ1n) is 12.9. The van der Waals surface area contributed by atoms with Crippen LogP contribution in [-0.2, 0) is 15.3 Å². The monoisotopic (exact) mass is 532 g/mol. The van der Waals surface area contributed by atoms with Gasteiger partial charge in [0.25, 0.3) is 0 Å². The van der Waals surface area contributed by atoms with E-state index in [2.05, 4.69) is 15.6 Å². The number of likely N-dealkylation sites (N-methyl/N-ethyl adjacent to an activating group) is 1. The van der Waals surface area contributed by atoms with Crippen molar-refractivity contribution < 1.29 is 19.4 Å². The summed E-state index contributed by atoms with van der Waals surface area (Å²) >= 11 is 0. The van der Waals surface area contributed by atoms with Crippen LogP contribution in [0.15, 0.2) is 83.6 Å². The molecule has 2 aromatic carbocycles. The lowest BCUT2D eigenvalue weighted by Gasteiger charge is -2.39. The van der Waals surface area contributed by atoms with E-state index in [0.717, 1.165) is 11.3 Å².